The zero-order valence-electron chi connectivity index (χ0n) is 19.5. The zero-order chi connectivity index (χ0) is 24.3. The smallest absolute Gasteiger partial charge is 0.430 e. The van der Waals surface area contributed by atoms with Crippen molar-refractivity contribution in [3.05, 3.63) is 29.6 Å². The number of aryl methyl sites for hydroxylation is 1. The molecule has 31 heavy (non-hydrogen) atoms. The van der Waals surface area contributed by atoms with E-state index in [-0.39, 0.29) is 5.82 Å². The molecule has 8 heteroatoms. The number of nitrogens with zero attached hydrogens (tertiary/aromatic N) is 1. The Bertz CT molecular complexity index is 576. The molecule has 0 saturated heterocycles. The number of carbonyl (C=O) groups excluding carboxylic acids is 1. The highest BCUT2D eigenvalue weighted by molar-refractivity contribution is 5.70. The lowest BCUT2D eigenvalue weighted by Crippen LogP contribution is -2.37. The molecule has 0 unspecified atom stereocenters. The van der Waals surface area contributed by atoms with Crippen LogP contribution >= 0.6 is 0 Å². The maximum atomic E-state index is 13.6. The lowest BCUT2D eigenvalue weighted by molar-refractivity contribution is -0.344. The maximum Gasteiger partial charge on any atom is 0.430 e. The molecule has 1 aromatic carbocycles. The first-order valence-corrected chi connectivity index (χ1v) is 11.0. The van der Waals surface area contributed by atoms with Crippen molar-refractivity contribution in [1.29, 1.82) is 0 Å². The number of halogens is 4. The molecule has 0 aliphatic carbocycles. The summed E-state index contributed by atoms with van der Waals surface area (Å²) in [4.78, 5) is 11.3. The van der Waals surface area contributed by atoms with E-state index in [1.807, 2.05) is 26.8 Å². The number of ether oxygens (including phenoxy) is 1. The van der Waals surface area contributed by atoms with Crippen LogP contribution in [0.1, 0.15) is 71.8 Å². The largest absolute Gasteiger partial charge is 0.542 e. The van der Waals surface area contributed by atoms with Crippen molar-refractivity contribution < 1.29 is 32.2 Å². The highest BCUT2D eigenvalue weighted by atomic mass is 19.4. The molecule has 0 aliphatic heterocycles. The SMILES string of the molecule is CC.CCN(CC)CCCCCCCCOc1ccc(C)cc1F.O=C([O-])C(F)(F)F. The number of unbranched alkanes of at least 4 members (excludes halogenated alkanes) is 5. The summed E-state index contributed by atoms with van der Waals surface area (Å²) < 4.78 is 50.6. The van der Waals surface area contributed by atoms with Gasteiger partial charge in [-0.1, -0.05) is 59.4 Å². The van der Waals surface area contributed by atoms with Crippen molar-refractivity contribution in [2.75, 3.05) is 26.2 Å². The van der Waals surface area contributed by atoms with Gasteiger partial charge in [-0.25, -0.2) is 4.39 Å². The van der Waals surface area contributed by atoms with Crippen LogP contribution in [0, 0.1) is 12.7 Å². The molecule has 4 nitrogen and oxygen atoms in total. The van der Waals surface area contributed by atoms with Gasteiger partial charge in [-0.05, 0) is 57.1 Å². The minimum Gasteiger partial charge on any atom is -0.542 e. The molecule has 1 rings (SSSR count). The quantitative estimate of drug-likeness (QED) is 0.310. The Morgan fingerprint density at radius 2 is 1.48 bits per heavy atom. The Kier molecular flexibility index (Phi) is 19.1. The molecule has 0 spiro atoms. The van der Waals surface area contributed by atoms with Gasteiger partial charge >= 0.3 is 6.18 Å². The van der Waals surface area contributed by atoms with Gasteiger partial charge in [-0.2, -0.15) is 13.2 Å². The monoisotopic (exact) mass is 452 g/mol. The second kappa shape index (κ2) is 18.9. The maximum absolute atomic E-state index is 13.6. The van der Waals surface area contributed by atoms with Crippen LogP contribution in [0.15, 0.2) is 18.2 Å². The molecule has 1 aromatic rings. The number of alkyl halides is 3. The fraction of sp³-hybridized carbons (Fsp3) is 0.696. The molecule has 0 aromatic heterocycles. The summed E-state index contributed by atoms with van der Waals surface area (Å²) >= 11 is 0. The number of carbonyl (C=O) groups is 1. The van der Waals surface area contributed by atoms with Gasteiger partial charge in [0.25, 0.3) is 0 Å². The van der Waals surface area contributed by atoms with Crippen LogP contribution < -0.4 is 9.84 Å². The van der Waals surface area contributed by atoms with Crippen molar-refractivity contribution in [3.8, 4) is 5.75 Å². The van der Waals surface area contributed by atoms with Crippen LogP contribution in [0.4, 0.5) is 17.6 Å². The fourth-order valence-corrected chi connectivity index (χ4v) is 2.59. The average molecular weight is 453 g/mol. The van der Waals surface area contributed by atoms with E-state index in [9.17, 15) is 17.6 Å². The normalized spacial score (nSPS) is 10.6. The van der Waals surface area contributed by atoms with E-state index in [0.717, 1.165) is 25.1 Å². The van der Waals surface area contributed by atoms with Crippen LogP contribution in [0.2, 0.25) is 0 Å². The van der Waals surface area contributed by atoms with E-state index in [2.05, 4.69) is 18.7 Å². The van der Waals surface area contributed by atoms with Crippen molar-refractivity contribution >= 4 is 5.97 Å². The van der Waals surface area contributed by atoms with Gasteiger partial charge < -0.3 is 19.5 Å². The third kappa shape index (κ3) is 17.5. The molecule has 0 bridgehead atoms. The van der Waals surface area contributed by atoms with Gasteiger partial charge in [0, 0.05) is 0 Å². The van der Waals surface area contributed by atoms with Gasteiger partial charge in [0.2, 0.25) is 0 Å². The van der Waals surface area contributed by atoms with Crippen molar-refractivity contribution in [2.45, 2.75) is 79.3 Å². The molecular formula is C23H38F4NO3-. The molecule has 0 amide bonds. The molecule has 182 valence electrons. The minimum absolute atomic E-state index is 0.253. The highest BCUT2D eigenvalue weighted by Gasteiger charge is 2.28. The average Bonchev–Trinajstić information content (AvgIpc) is 2.72. The minimum atomic E-state index is -5.19. The first-order valence-electron chi connectivity index (χ1n) is 11.0. The summed E-state index contributed by atoms with van der Waals surface area (Å²) in [6.45, 7) is 14.5. The first kappa shape index (κ1) is 31.4. The second-order valence-corrected chi connectivity index (χ2v) is 6.72. The Hall–Kier alpha value is -1.83. The molecule has 0 radical (unpaired) electrons. The Morgan fingerprint density at radius 1 is 1.00 bits per heavy atom. The first-order chi connectivity index (χ1) is 14.6. The topological polar surface area (TPSA) is 52.6 Å². The van der Waals surface area contributed by atoms with Crippen LogP contribution in [-0.2, 0) is 4.79 Å². The number of rotatable bonds is 12. The van der Waals surface area contributed by atoms with Crippen LogP contribution in [-0.4, -0.2) is 43.3 Å². The Morgan fingerprint density at radius 3 is 1.94 bits per heavy atom. The summed E-state index contributed by atoms with van der Waals surface area (Å²) in [5, 5.41) is 8.78. The molecule has 0 N–H and O–H groups in total. The van der Waals surface area contributed by atoms with Crippen molar-refractivity contribution in [3.63, 3.8) is 0 Å². The van der Waals surface area contributed by atoms with Crippen molar-refractivity contribution in [1.82, 2.24) is 4.90 Å². The van der Waals surface area contributed by atoms with Crippen molar-refractivity contribution in [2.24, 2.45) is 0 Å². The number of carboxylic acid groups (broad SMARTS) is 1. The molecule has 0 saturated carbocycles. The van der Waals surface area contributed by atoms with Gasteiger partial charge in [-0.3, -0.25) is 0 Å². The van der Waals surface area contributed by atoms with E-state index in [1.54, 1.807) is 6.07 Å². The lowest BCUT2D eigenvalue weighted by Gasteiger charge is -2.17. The summed E-state index contributed by atoms with van der Waals surface area (Å²) in [5.74, 6) is -2.88. The molecule has 0 heterocycles. The number of carboxylic acids is 1. The summed E-state index contributed by atoms with van der Waals surface area (Å²) in [5.41, 5.74) is 0.926. The second-order valence-electron chi connectivity index (χ2n) is 6.72. The van der Waals surface area contributed by atoms with Gasteiger partial charge in [0.05, 0.1) is 6.61 Å². The highest BCUT2D eigenvalue weighted by Crippen LogP contribution is 2.18. The molecule has 0 atom stereocenters. The van der Waals surface area contributed by atoms with Gasteiger partial charge in [-0.15, -0.1) is 0 Å². The summed E-state index contributed by atoms with van der Waals surface area (Å²) in [6, 6.07) is 5.12. The number of benzene rings is 1. The van der Waals surface area contributed by atoms with E-state index in [1.165, 1.54) is 44.7 Å². The number of aliphatic carboxylic acids is 1. The standard InChI is InChI=1S/C19H32FNO.C2HF3O2.C2H6/c1-4-21(5-2)14-10-8-6-7-9-11-15-22-19-13-12-17(3)16-18(19)20;3-2(4,5)1(6)7;1-2/h12-13,16H,4-11,14-15H2,1-3H3;(H,6,7);1-2H3/p-1. The Labute approximate surface area is 184 Å². The predicted molar refractivity (Wildman–Crippen MR) is 115 cm³/mol. The fourth-order valence-electron chi connectivity index (χ4n) is 2.59. The van der Waals surface area contributed by atoms with Crippen LogP contribution in [0.3, 0.4) is 0 Å². The number of hydrogen-bond donors (Lipinski definition) is 0. The van der Waals surface area contributed by atoms with Crippen LogP contribution in [0.5, 0.6) is 5.75 Å². The predicted octanol–water partition coefficient (Wildman–Crippen LogP) is 5.52. The number of hydrogen-bond acceptors (Lipinski definition) is 4. The summed E-state index contributed by atoms with van der Waals surface area (Å²) in [6.07, 6.45) is 2.12. The van der Waals surface area contributed by atoms with E-state index < -0.39 is 12.1 Å². The molecule has 0 aliphatic rings. The summed E-state index contributed by atoms with van der Waals surface area (Å²) in [7, 11) is 0. The molecular weight excluding hydrogens is 414 g/mol. The van der Waals surface area contributed by atoms with Gasteiger partial charge in [0.1, 0.15) is 5.97 Å². The third-order valence-electron chi connectivity index (χ3n) is 4.34. The van der Waals surface area contributed by atoms with E-state index in [0.29, 0.717) is 12.4 Å². The molecule has 0 fully saturated rings. The van der Waals surface area contributed by atoms with Crippen LogP contribution in [0.25, 0.3) is 0 Å². The van der Waals surface area contributed by atoms with E-state index >= 15 is 0 Å². The van der Waals surface area contributed by atoms with Gasteiger partial charge in [0.15, 0.2) is 11.6 Å². The zero-order valence-corrected chi connectivity index (χ0v) is 19.5. The third-order valence-corrected chi connectivity index (χ3v) is 4.34. The Balaban J connectivity index is 0. The van der Waals surface area contributed by atoms with E-state index in [4.69, 9.17) is 14.6 Å². The lowest BCUT2D eigenvalue weighted by atomic mass is 10.1.